The third-order valence-electron chi connectivity index (χ3n) is 4.72. The molecule has 1 heterocycles. The van der Waals surface area contributed by atoms with Gasteiger partial charge in [0.05, 0.1) is 12.1 Å². The molecule has 0 unspecified atom stereocenters. The number of hydrogen-bond acceptors (Lipinski definition) is 5. The molecule has 0 aliphatic heterocycles. The van der Waals surface area contributed by atoms with Crippen LogP contribution in [0.3, 0.4) is 0 Å². The SMILES string of the molecule is CC(C)(CO)N(C(N)=NC#N)c1cccc(/C(=C\CCCC(=O)O)c2cccnc2)c1. The van der Waals surface area contributed by atoms with Gasteiger partial charge in [-0.1, -0.05) is 24.3 Å². The summed E-state index contributed by atoms with van der Waals surface area (Å²) in [7, 11) is 0. The zero-order chi connectivity index (χ0) is 22.9. The molecule has 0 saturated heterocycles. The predicted octanol–water partition coefficient (Wildman–Crippen LogP) is 3.14. The van der Waals surface area contributed by atoms with Gasteiger partial charge in [0.1, 0.15) is 0 Å². The number of carboxylic acids is 1. The van der Waals surface area contributed by atoms with Crippen LogP contribution in [0.1, 0.15) is 44.2 Å². The summed E-state index contributed by atoms with van der Waals surface area (Å²) in [5.41, 5.74) is 8.56. The van der Waals surface area contributed by atoms with Crippen LogP contribution in [-0.2, 0) is 4.79 Å². The number of nitrogens with two attached hydrogens (primary N) is 1. The minimum atomic E-state index is -0.826. The van der Waals surface area contributed by atoms with Crippen molar-refractivity contribution in [1.29, 1.82) is 5.26 Å². The van der Waals surface area contributed by atoms with E-state index in [0.29, 0.717) is 18.5 Å². The molecule has 2 rings (SSSR count). The van der Waals surface area contributed by atoms with Gasteiger partial charge in [-0.15, -0.1) is 4.99 Å². The molecule has 8 nitrogen and oxygen atoms in total. The Morgan fingerprint density at radius 3 is 2.68 bits per heavy atom. The first kappa shape index (κ1) is 23.6. The third-order valence-corrected chi connectivity index (χ3v) is 4.72. The topological polar surface area (TPSA) is 136 Å². The summed E-state index contributed by atoms with van der Waals surface area (Å²) in [5, 5.41) is 27.7. The van der Waals surface area contributed by atoms with E-state index in [0.717, 1.165) is 16.7 Å². The largest absolute Gasteiger partial charge is 0.481 e. The second kappa shape index (κ2) is 10.9. The number of nitrogens with zero attached hydrogens (tertiary/aromatic N) is 4. The fraction of sp³-hybridized carbons (Fsp3) is 0.304. The van der Waals surface area contributed by atoms with Gasteiger partial charge < -0.3 is 20.8 Å². The molecule has 0 fully saturated rings. The van der Waals surface area contributed by atoms with Gasteiger partial charge in [0.2, 0.25) is 12.2 Å². The lowest BCUT2D eigenvalue weighted by molar-refractivity contribution is -0.137. The molecule has 162 valence electrons. The molecule has 1 aromatic heterocycles. The van der Waals surface area contributed by atoms with E-state index in [1.165, 1.54) is 0 Å². The molecule has 0 atom stereocenters. The standard InChI is InChI=1S/C23H27N5O3/c1-23(2,15-29)28(22(25)27-16-24)19-9-5-7-17(13-19)20(10-3-4-11-21(30)31)18-8-6-12-26-14-18/h5-10,12-14,29H,3-4,11,15H2,1-2H3,(H2,25,27)(H,30,31)/b20-10+. The number of aliphatic hydroxyl groups excluding tert-OH is 1. The van der Waals surface area contributed by atoms with Gasteiger partial charge in [-0.05, 0) is 56.0 Å². The van der Waals surface area contributed by atoms with Crippen molar-refractivity contribution in [3.05, 3.63) is 66.0 Å². The number of unbranched alkanes of at least 4 members (excludes halogenated alkanes) is 1. The Bertz CT molecular complexity index is 994. The van der Waals surface area contributed by atoms with Crippen molar-refractivity contribution in [1.82, 2.24) is 4.98 Å². The molecule has 8 heteroatoms. The fourth-order valence-corrected chi connectivity index (χ4v) is 3.20. The lowest BCUT2D eigenvalue weighted by Gasteiger charge is -2.37. The van der Waals surface area contributed by atoms with E-state index in [4.69, 9.17) is 16.1 Å². The first-order chi connectivity index (χ1) is 14.8. The number of benzene rings is 1. The molecule has 0 bridgehead atoms. The van der Waals surface area contributed by atoms with Gasteiger partial charge in [0.25, 0.3) is 0 Å². The highest BCUT2D eigenvalue weighted by Crippen LogP contribution is 2.30. The van der Waals surface area contributed by atoms with Crippen LogP contribution in [0.2, 0.25) is 0 Å². The Kier molecular flexibility index (Phi) is 8.29. The van der Waals surface area contributed by atoms with Crippen LogP contribution in [0.4, 0.5) is 5.69 Å². The van der Waals surface area contributed by atoms with E-state index in [1.807, 2.05) is 42.5 Å². The number of aliphatic carboxylic acids is 1. The van der Waals surface area contributed by atoms with Crippen molar-refractivity contribution in [3.63, 3.8) is 0 Å². The minimum absolute atomic E-state index is 0.0212. The van der Waals surface area contributed by atoms with Crippen molar-refractivity contribution in [3.8, 4) is 6.19 Å². The summed E-state index contributed by atoms with van der Waals surface area (Å²) >= 11 is 0. The highest BCUT2D eigenvalue weighted by atomic mass is 16.4. The van der Waals surface area contributed by atoms with Crippen LogP contribution >= 0.6 is 0 Å². The number of aliphatic hydroxyl groups is 1. The molecule has 4 N–H and O–H groups in total. The highest BCUT2D eigenvalue weighted by molar-refractivity contribution is 5.97. The second-order valence-electron chi connectivity index (χ2n) is 7.57. The van der Waals surface area contributed by atoms with Crippen molar-refractivity contribution in [2.24, 2.45) is 10.7 Å². The summed E-state index contributed by atoms with van der Waals surface area (Å²) in [5.74, 6) is -0.848. The van der Waals surface area contributed by atoms with Crippen molar-refractivity contribution in [2.75, 3.05) is 11.5 Å². The average Bonchev–Trinajstić information content (AvgIpc) is 2.74. The van der Waals surface area contributed by atoms with Crippen LogP contribution in [0.15, 0.2) is 59.9 Å². The maximum atomic E-state index is 10.8. The summed E-state index contributed by atoms with van der Waals surface area (Å²) in [4.78, 5) is 20.3. The maximum Gasteiger partial charge on any atom is 0.303 e. The van der Waals surface area contributed by atoms with E-state index in [-0.39, 0.29) is 19.0 Å². The predicted molar refractivity (Wildman–Crippen MR) is 120 cm³/mol. The Morgan fingerprint density at radius 2 is 2.06 bits per heavy atom. The van der Waals surface area contributed by atoms with Gasteiger partial charge in [-0.2, -0.15) is 5.26 Å². The molecule has 0 aliphatic carbocycles. The van der Waals surface area contributed by atoms with E-state index in [9.17, 15) is 9.90 Å². The van der Waals surface area contributed by atoms with Gasteiger partial charge in [0, 0.05) is 30.1 Å². The van der Waals surface area contributed by atoms with Gasteiger partial charge >= 0.3 is 5.97 Å². The van der Waals surface area contributed by atoms with Crippen molar-refractivity contribution >= 4 is 23.2 Å². The van der Waals surface area contributed by atoms with Gasteiger partial charge in [0.15, 0.2) is 0 Å². The first-order valence-electron chi connectivity index (χ1n) is 9.86. The second-order valence-corrected chi connectivity index (χ2v) is 7.57. The number of pyridine rings is 1. The molecule has 0 saturated carbocycles. The number of guanidine groups is 1. The number of carbonyl (C=O) groups is 1. The number of aliphatic imine (C=N–C) groups is 1. The molecule has 0 spiro atoms. The molecular weight excluding hydrogens is 394 g/mol. The molecule has 31 heavy (non-hydrogen) atoms. The quantitative estimate of drug-likeness (QED) is 0.245. The number of hydrogen-bond donors (Lipinski definition) is 3. The zero-order valence-electron chi connectivity index (χ0n) is 17.7. The molecule has 0 amide bonds. The molecule has 2 aromatic rings. The number of carboxylic acid groups (broad SMARTS) is 1. The lowest BCUT2D eigenvalue weighted by atomic mass is 9.96. The number of nitriles is 1. The van der Waals surface area contributed by atoms with Crippen molar-refractivity contribution in [2.45, 2.75) is 38.6 Å². The summed E-state index contributed by atoms with van der Waals surface area (Å²) in [6.45, 7) is 3.38. The monoisotopic (exact) mass is 421 g/mol. The summed E-state index contributed by atoms with van der Waals surface area (Å²) in [6, 6.07) is 11.3. The number of aromatic nitrogens is 1. The Balaban J connectivity index is 2.53. The van der Waals surface area contributed by atoms with E-state index < -0.39 is 11.5 Å². The average molecular weight is 422 g/mol. The van der Waals surface area contributed by atoms with Crippen LogP contribution in [0.25, 0.3) is 5.57 Å². The van der Waals surface area contributed by atoms with Crippen LogP contribution < -0.4 is 10.6 Å². The lowest BCUT2D eigenvalue weighted by Crippen LogP contribution is -2.53. The van der Waals surface area contributed by atoms with E-state index in [1.54, 1.807) is 37.3 Å². The van der Waals surface area contributed by atoms with Crippen LogP contribution in [-0.4, -0.2) is 39.3 Å². The van der Waals surface area contributed by atoms with Crippen molar-refractivity contribution < 1.29 is 15.0 Å². The normalized spacial score (nSPS) is 12.3. The van der Waals surface area contributed by atoms with Crippen LogP contribution in [0, 0.1) is 11.5 Å². The summed E-state index contributed by atoms with van der Waals surface area (Å²) < 4.78 is 0. The van der Waals surface area contributed by atoms with E-state index in [2.05, 4.69) is 9.98 Å². The third kappa shape index (κ3) is 6.39. The maximum absolute atomic E-state index is 10.8. The first-order valence-corrected chi connectivity index (χ1v) is 9.86. The highest BCUT2D eigenvalue weighted by Gasteiger charge is 2.29. The smallest absolute Gasteiger partial charge is 0.303 e. The molecule has 1 aromatic carbocycles. The van der Waals surface area contributed by atoms with Crippen LogP contribution in [0.5, 0.6) is 0 Å². The number of anilines is 1. The Hall–Kier alpha value is -3.70. The van der Waals surface area contributed by atoms with Gasteiger partial charge in [-0.3, -0.25) is 9.78 Å². The zero-order valence-corrected chi connectivity index (χ0v) is 17.7. The Morgan fingerprint density at radius 1 is 1.32 bits per heavy atom. The molecule has 0 aliphatic rings. The number of allylic oxidation sites excluding steroid dienone is 1. The summed E-state index contributed by atoms with van der Waals surface area (Å²) in [6.07, 6.45) is 8.32. The molecular formula is C23H27N5O3. The Labute approximate surface area is 182 Å². The fourth-order valence-electron chi connectivity index (χ4n) is 3.20. The van der Waals surface area contributed by atoms with E-state index >= 15 is 0 Å². The number of rotatable bonds is 9. The molecule has 0 radical (unpaired) electrons. The minimum Gasteiger partial charge on any atom is -0.481 e. The van der Waals surface area contributed by atoms with Gasteiger partial charge in [-0.25, -0.2) is 0 Å².